The van der Waals surface area contributed by atoms with Crippen LogP contribution in [-0.2, 0) is 0 Å². The molecule has 3 N–H and O–H groups in total. The van der Waals surface area contributed by atoms with E-state index < -0.39 is 12.3 Å². The first kappa shape index (κ1) is 16.6. The number of ether oxygens (including phenoxy) is 1. The Morgan fingerprint density at radius 1 is 1.22 bits per heavy atom. The van der Waals surface area contributed by atoms with Crippen molar-refractivity contribution in [3.8, 4) is 32.6 Å². The van der Waals surface area contributed by atoms with E-state index >= 15 is 0 Å². The van der Waals surface area contributed by atoms with Crippen LogP contribution in [-0.4, -0.2) is 50.4 Å². The fraction of sp³-hybridized carbons (Fsp3) is 0.389. The number of aromatic nitrogens is 4. The molecule has 0 amide bonds. The van der Waals surface area contributed by atoms with Crippen molar-refractivity contribution < 1.29 is 14.2 Å². The van der Waals surface area contributed by atoms with E-state index in [2.05, 4.69) is 25.7 Å². The number of fused-ring (bicyclic) bond motifs is 3. The summed E-state index contributed by atoms with van der Waals surface area (Å²) in [6.45, 7) is 0.775. The summed E-state index contributed by atoms with van der Waals surface area (Å²) in [6.07, 6.45) is 3.74. The number of phenolic OH excluding ortho intramolecular Hbond substituents is 1. The van der Waals surface area contributed by atoms with Crippen molar-refractivity contribution in [1.29, 1.82) is 0 Å². The van der Waals surface area contributed by atoms with Gasteiger partial charge in [0.05, 0.1) is 11.8 Å². The minimum Gasteiger partial charge on any atom is -0.507 e. The third-order valence-electron chi connectivity index (χ3n) is 5.36. The van der Waals surface area contributed by atoms with Gasteiger partial charge in [0.25, 0.3) is 5.19 Å². The van der Waals surface area contributed by atoms with Crippen LogP contribution in [0.4, 0.5) is 4.39 Å². The number of alkyl halides is 1. The summed E-state index contributed by atoms with van der Waals surface area (Å²) in [5.41, 5.74) is 2.29. The molecule has 6 rings (SSSR count). The smallest absolute Gasteiger partial charge is 0.294 e. The monoisotopic (exact) mass is 387 g/mol. The topological polar surface area (TPSA) is 96.0 Å². The van der Waals surface area contributed by atoms with Gasteiger partial charge in [0.15, 0.2) is 11.2 Å². The maximum absolute atomic E-state index is 14.5. The highest BCUT2D eigenvalue weighted by atomic mass is 32.1. The van der Waals surface area contributed by atoms with Gasteiger partial charge in [-0.05, 0) is 30.5 Å². The first-order chi connectivity index (χ1) is 13.2. The second-order valence-electron chi connectivity index (χ2n) is 6.97. The second-order valence-corrected chi connectivity index (χ2v) is 7.91. The Kier molecular flexibility index (Phi) is 4.05. The Balaban J connectivity index is 1.36. The molecule has 9 heteroatoms. The molecule has 0 spiro atoms. The van der Waals surface area contributed by atoms with Gasteiger partial charge < -0.3 is 15.2 Å². The lowest BCUT2D eigenvalue weighted by molar-refractivity contribution is -0.0331. The highest BCUT2D eigenvalue weighted by Gasteiger charge is 2.46. The standard InChI is InChI=1S/C18H18FN5O2S/c19-15-13-4-2-10(6-20-13)16(15)26-18-24-23-17(27-18)12-3-1-9(5-14(12)25)11-7-21-22-8-11/h1,3,5,7-8,10,13,15-16,20,25H,2,4,6H2,(H,21,22)/t10?,13?,15?,16-/m0/s1. The number of nitrogens with zero attached hydrogens (tertiary/aromatic N) is 3. The average Bonchev–Trinajstić information content (AvgIpc) is 3.37. The number of phenols is 1. The van der Waals surface area contributed by atoms with Crippen molar-refractivity contribution in [1.82, 2.24) is 25.7 Å². The fourth-order valence-electron chi connectivity index (χ4n) is 3.89. The maximum Gasteiger partial charge on any atom is 0.294 e. The Bertz CT molecular complexity index is 937. The number of nitrogens with one attached hydrogen (secondary N) is 2. The highest BCUT2D eigenvalue weighted by Crippen LogP contribution is 2.39. The van der Waals surface area contributed by atoms with Crippen LogP contribution in [0.3, 0.4) is 0 Å². The van der Waals surface area contributed by atoms with E-state index in [0.717, 1.165) is 30.5 Å². The van der Waals surface area contributed by atoms with E-state index in [-0.39, 0.29) is 17.7 Å². The van der Waals surface area contributed by atoms with E-state index in [9.17, 15) is 9.50 Å². The molecule has 2 aliphatic heterocycles. The van der Waals surface area contributed by atoms with Crippen molar-refractivity contribution >= 4 is 11.3 Å². The summed E-state index contributed by atoms with van der Waals surface area (Å²) in [4.78, 5) is 0. The van der Waals surface area contributed by atoms with Gasteiger partial charge >= 0.3 is 0 Å². The molecular weight excluding hydrogens is 369 g/mol. The molecule has 3 fully saturated rings. The zero-order valence-corrected chi connectivity index (χ0v) is 15.1. The molecule has 3 aromatic rings. The maximum atomic E-state index is 14.5. The number of piperidine rings is 2. The van der Waals surface area contributed by atoms with E-state index in [1.807, 2.05) is 6.07 Å². The van der Waals surface area contributed by atoms with E-state index in [4.69, 9.17) is 4.74 Å². The fourth-order valence-corrected chi connectivity index (χ4v) is 4.66. The summed E-state index contributed by atoms with van der Waals surface area (Å²) in [5.74, 6) is 0.251. The summed E-state index contributed by atoms with van der Waals surface area (Å²) in [7, 11) is 0. The van der Waals surface area contributed by atoms with Crippen LogP contribution in [0.25, 0.3) is 21.7 Å². The molecule has 7 nitrogen and oxygen atoms in total. The Hall–Kier alpha value is -2.52. The van der Waals surface area contributed by atoms with Gasteiger partial charge in [0.2, 0.25) is 0 Å². The van der Waals surface area contributed by atoms with E-state index in [0.29, 0.717) is 15.8 Å². The predicted molar refractivity (Wildman–Crippen MR) is 98.4 cm³/mol. The van der Waals surface area contributed by atoms with Crippen LogP contribution in [0.5, 0.6) is 10.9 Å². The number of aromatic amines is 1. The van der Waals surface area contributed by atoms with Crippen LogP contribution in [0.2, 0.25) is 0 Å². The zero-order valence-electron chi connectivity index (χ0n) is 14.3. The first-order valence-corrected chi connectivity index (χ1v) is 9.71. The zero-order chi connectivity index (χ0) is 18.4. The average molecular weight is 387 g/mol. The van der Waals surface area contributed by atoms with Crippen molar-refractivity contribution in [2.45, 2.75) is 31.2 Å². The minimum absolute atomic E-state index is 0.0979. The number of hydrogen-bond acceptors (Lipinski definition) is 7. The lowest BCUT2D eigenvalue weighted by atomic mass is 9.78. The molecule has 140 valence electrons. The third-order valence-corrected chi connectivity index (χ3v) is 6.20. The second kappa shape index (κ2) is 6.58. The van der Waals surface area contributed by atoms with Crippen molar-refractivity contribution in [3.63, 3.8) is 0 Å². The molecule has 3 unspecified atom stereocenters. The van der Waals surface area contributed by atoms with Gasteiger partial charge in [-0.2, -0.15) is 5.10 Å². The molecule has 4 heterocycles. The quantitative estimate of drug-likeness (QED) is 0.637. The van der Waals surface area contributed by atoms with Crippen LogP contribution in [0.1, 0.15) is 12.8 Å². The van der Waals surface area contributed by atoms with Gasteiger partial charge in [-0.15, -0.1) is 5.10 Å². The highest BCUT2D eigenvalue weighted by molar-refractivity contribution is 7.16. The summed E-state index contributed by atoms with van der Waals surface area (Å²) < 4.78 is 20.4. The molecule has 0 radical (unpaired) electrons. The Morgan fingerprint density at radius 2 is 2.15 bits per heavy atom. The first-order valence-electron chi connectivity index (χ1n) is 8.89. The van der Waals surface area contributed by atoms with Gasteiger partial charge in [-0.3, -0.25) is 5.10 Å². The van der Waals surface area contributed by atoms with Gasteiger partial charge in [0.1, 0.15) is 11.9 Å². The number of aromatic hydroxyl groups is 1. The summed E-state index contributed by atoms with van der Waals surface area (Å²) in [5, 5.41) is 29.3. The van der Waals surface area contributed by atoms with E-state index in [1.165, 1.54) is 11.3 Å². The molecule has 2 saturated heterocycles. The van der Waals surface area contributed by atoms with Crippen LogP contribution < -0.4 is 10.1 Å². The van der Waals surface area contributed by atoms with Crippen molar-refractivity contribution in [2.24, 2.45) is 5.92 Å². The summed E-state index contributed by atoms with van der Waals surface area (Å²) in [6, 6.07) is 5.19. The molecule has 1 saturated carbocycles. The molecule has 2 aromatic heterocycles. The third kappa shape index (κ3) is 2.96. The molecular formula is C18H18FN5O2S. The number of benzene rings is 1. The van der Waals surface area contributed by atoms with Crippen LogP contribution in [0, 0.1) is 5.92 Å². The normalized spacial score (nSPS) is 27.0. The van der Waals surface area contributed by atoms with Gasteiger partial charge in [0, 0.05) is 30.3 Å². The largest absolute Gasteiger partial charge is 0.507 e. The SMILES string of the molecule is Oc1cc(-c2cn[nH]c2)ccc1-c1nnc(O[C@H]2C3CCC(NC3)C2F)s1. The van der Waals surface area contributed by atoms with Crippen LogP contribution in [0.15, 0.2) is 30.6 Å². The van der Waals surface area contributed by atoms with Crippen molar-refractivity contribution in [3.05, 3.63) is 30.6 Å². The molecule has 1 aromatic carbocycles. The molecule has 2 bridgehead atoms. The number of halogens is 1. The number of H-pyrrole nitrogens is 1. The molecule has 27 heavy (non-hydrogen) atoms. The number of rotatable bonds is 4. The Morgan fingerprint density at radius 3 is 2.85 bits per heavy atom. The van der Waals surface area contributed by atoms with Crippen molar-refractivity contribution in [2.75, 3.05) is 6.54 Å². The predicted octanol–water partition coefficient (Wildman–Crippen LogP) is 2.77. The van der Waals surface area contributed by atoms with Gasteiger partial charge in [-0.25, -0.2) is 4.39 Å². The molecule has 4 atom stereocenters. The van der Waals surface area contributed by atoms with E-state index in [1.54, 1.807) is 24.5 Å². The lowest BCUT2D eigenvalue weighted by Gasteiger charge is -2.44. The number of hydrogen-bond donors (Lipinski definition) is 3. The van der Waals surface area contributed by atoms with Gasteiger partial charge in [-0.1, -0.05) is 22.5 Å². The van der Waals surface area contributed by atoms with Crippen LogP contribution >= 0.6 is 11.3 Å². The molecule has 3 aliphatic rings. The summed E-state index contributed by atoms with van der Waals surface area (Å²) >= 11 is 1.22. The minimum atomic E-state index is -1.03. The Labute approximate surface area is 158 Å². The lowest BCUT2D eigenvalue weighted by Crippen LogP contribution is -2.61. The molecule has 1 aliphatic carbocycles.